The number of carbonyl (C=O) groups is 1. The molecule has 8 nitrogen and oxygen atoms in total. The monoisotopic (exact) mass is 315 g/mol. The lowest BCUT2D eigenvalue weighted by molar-refractivity contribution is -0.120. The molecule has 0 atom stereocenters. The fourth-order valence-corrected chi connectivity index (χ4v) is 2.37. The maximum Gasteiger partial charge on any atom is 0.243 e. The summed E-state index contributed by atoms with van der Waals surface area (Å²) in [5, 5.41) is 5.55. The van der Waals surface area contributed by atoms with E-state index in [9.17, 15) is 13.2 Å². The molecule has 0 saturated carbocycles. The minimum absolute atomic E-state index is 0.0274. The molecule has 1 aromatic heterocycles. The summed E-state index contributed by atoms with van der Waals surface area (Å²) >= 11 is 0. The first-order chi connectivity index (χ1) is 9.99. The molecule has 0 aliphatic heterocycles. The highest BCUT2D eigenvalue weighted by Gasteiger charge is 2.15. The van der Waals surface area contributed by atoms with E-state index in [-0.39, 0.29) is 23.8 Å². The van der Waals surface area contributed by atoms with Gasteiger partial charge in [-0.2, -0.15) is 0 Å². The molecule has 0 aliphatic rings. The number of carbonyl (C=O) groups excluding carboxylic acids is 1. The molecule has 118 valence electrons. The highest BCUT2D eigenvalue weighted by atomic mass is 32.2. The topological polar surface area (TPSA) is 113 Å². The molecule has 1 heterocycles. The SMILES string of the molecule is CCCNc1ncc(S(=O)(=O)NCCC(=O)NCC)cn1. The Morgan fingerprint density at radius 2 is 1.86 bits per heavy atom. The Labute approximate surface area is 124 Å². The molecular weight excluding hydrogens is 294 g/mol. The molecule has 0 spiro atoms. The van der Waals surface area contributed by atoms with Gasteiger partial charge in [0.05, 0.1) is 12.4 Å². The van der Waals surface area contributed by atoms with E-state index in [4.69, 9.17) is 0 Å². The molecule has 0 saturated heterocycles. The molecule has 0 bridgehead atoms. The molecule has 0 unspecified atom stereocenters. The molecule has 0 radical (unpaired) electrons. The van der Waals surface area contributed by atoms with E-state index in [1.165, 1.54) is 12.4 Å². The summed E-state index contributed by atoms with van der Waals surface area (Å²) in [6, 6.07) is 0. The van der Waals surface area contributed by atoms with Gasteiger partial charge in [0.1, 0.15) is 4.90 Å². The van der Waals surface area contributed by atoms with E-state index in [1.807, 2.05) is 6.92 Å². The van der Waals surface area contributed by atoms with Crippen LogP contribution in [-0.2, 0) is 14.8 Å². The predicted molar refractivity (Wildman–Crippen MR) is 79.3 cm³/mol. The summed E-state index contributed by atoms with van der Waals surface area (Å²) in [4.78, 5) is 19.1. The van der Waals surface area contributed by atoms with Crippen molar-refractivity contribution in [1.82, 2.24) is 20.0 Å². The second-order valence-corrected chi connectivity index (χ2v) is 6.04. The highest BCUT2D eigenvalue weighted by Crippen LogP contribution is 2.07. The zero-order chi connectivity index (χ0) is 15.7. The molecule has 1 amide bonds. The molecule has 1 aromatic rings. The fraction of sp³-hybridized carbons (Fsp3) is 0.583. The van der Waals surface area contributed by atoms with Crippen LogP contribution in [0.15, 0.2) is 17.3 Å². The quantitative estimate of drug-likeness (QED) is 0.596. The van der Waals surface area contributed by atoms with Crippen molar-refractivity contribution in [1.29, 1.82) is 0 Å². The van der Waals surface area contributed by atoms with Crippen molar-refractivity contribution in [3.63, 3.8) is 0 Å². The average molecular weight is 315 g/mol. The van der Waals surface area contributed by atoms with Crippen molar-refractivity contribution in [3.05, 3.63) is 12.4 Å². The van der Waals surface area contributed by atoms with Crippen LogP contribution >= 0.6 is 0 Å². The number of aromatic nitrogens is 2. The zero-order valence-electron chi connectivity index (χ0n) is 12.2. The van der Waals surface area contributed by atoms with Gasteiger partial charge in [-0.05, 0) is 13.3 Å². The second kappa shape index (κ2) is 8.53. The van der Waals surface area contributed by atoms with Gasteiger partial charge in [0, 0.05) is 26.1 Å². The van der Waals surface area contributed by atoms with Crippen molar-refractivity contribution in [2.24, 2.45) is 0 Å². The van der Waals surface area contributed by atoms with Crippen LogP contribution in [0.4, 0.5) is 5.95 Å². The standard InChI is InChI=1S/C12H21N5O3S/c1-3-6-14-12-15-8-10(9-16-12)21(19,20)17-7-5-11(18)13-4-2/h8-9,17H,3-7H2,1-2H3,(H,13,18)(H,14,15,16). The Morgan fingerprint density at radius 3 is 2.43 bits per heavy atom. The van der Waals surface area contributed by atoms with Crippen LogP contribution in [0.5, 0.6) is 0 Å². The largest absolute Gasteiger partial charge is 0.356 e. The van der Waals surface area contributed by atoms with Gasteiger partial charge in [0.15, 0.2) is 0 Å². The number of nitrogens with one attached hydrogen (secondary N) is 3. The number of sulfonamides is 1. The normalized spacial score (nSPS) is 11.1. The van der Waals surface area contributed by atoms with Crippen LogP contribution in [-0.4, -0.2) is 43.9 Å². The van der Waals surface area contributed by atoms with Crippen LogP contribution in [0.3, 0.4) is 0 Å². The third kappa shape index (κ3) is 6.05. The third-order valence-corrected chi connectivity index (χ3v) is 3.91. The lowest BCUT2D eigenvalue weighted by Crippen LogP contribution is -2.30. The number of hydrogen-bond donors (Lipinski definition) is 3. The summed E-state index contributed by atoms with van der Waals surface area (Å²) < 4.78 is 26.2. The van der Waals surface area contributed by atoms with Crippen LogP contribution in [0.1, 0.15) is 26.7 Å². The van der Waals surface area contributed by atoms with Gasteiger partial charge in [-0.1, -0.05) is 6.92 Å². The Morgan fingerprint density at radius 1 is 1.19 bits per heavy atom. The number of rotatable bonds is 9. The molecule has 3 N–H and O–H groups in total. The number of nitrogens with zero attached hydrogens (tertiary/aromatic N) is 2. The number of amides is 1. The van der Waals surface area contributed by atoms with E-state index >= 15 is 0 Å². The zero-order valence-corrected chi connectivity index (χ0v) is 13.0. The summed E-state index contributed by atoms with van der Waals surface area (Å²) in [6.45, 7) is 5.07. The van der Waals surface area contributed by atoms with E-state index in [1.54, 1.807) is 6.92 Å². The molecule has 0 aliphatic carbocycles. The lowest BCUT2D eigenvalue weighted by Gasteiger charge is -2.07. The Hall–Kier alpha value is -1.74. The molecule has 0 fully saturated rings. The van der Waals surface area contributed by atoms with Crippen LogP contribution in [0.2, 0.25) is 0 Å². The average Bonchev–Trinajstić information content (AvgIpc) is 2.45. The minimum atomic E-state index is -3.69. The van der Waals surface area contributed by atoms with Crippen molar-refractivity contribution in [2.75, 3.05) is 25.0 Å². The maximum atomic E-state index is 12.0. The fourth-order valence-electron chi connectivity index (χ4n) is 1.45. The third-order valence-electron chi connectivity index (χ3n) is 2.49. The van der Waals surface area contributed by atoms with Gasteiger partial charge in [0.2, 0.25) is 21.9 Å². The highest BCUT2D eigenvalue weighted by molar-refractivity contribution is 7.89. The molecule has 9 heteroatoms. The lowest BCUT2D eigenvalue weighted by atomic mass is 10.4. The minimum Gasteiger partial charge on any atom is -0.356 e. The van der Waals surface area contributed by atoms with Crippen LogP contribution in [0, 0.1) is 0 Å². The van der Waals surface area contributed by atoms with Crippen LogP contribution < -0.4 is 15.4 Å². The smallest absolute Gasteiger partial charge is 0.243 e. The van der Waals surface area contributed by atoms with Gasteiger partial charge < -0.3 is 10.6 Å². The first-order valence-corrected chi connectivity index (χ1v) is 8.30. The van der Waals surface area contributed by atoms with E-state index < -0.39 is 10.0 Å². The second-order valence-electron chi connectivity index (χ2n) is 4.27. The van der Waals surface area contributed by atoms with Crippen LogP contribution in [0.25, 0.3) is 0 Å². The van der Waals surface area contributed by atoms with Crippen molar-refractivity contribution in [2.45, 2.75) is 31.6 Å². The van der Waals surface area contributed by atoms with E-state index in [2.05, 4.69) is 25.3 Å². The van der Waals surface area contributed by atoms with E-state index in [0.29, 0.717) is 12.5 Å². The molecule has 0 aromatic carbocycles. The molecule has 1 rings (SSSR count). The van der Waals surface area contributed by atoms with Gasteiger partial charge >= 0.3 is 0 Å². The first-order valence-electron chi connectivity index (χ1n) is 6.82. The van der Waals surface area contributed by atoms with Gasteiger partial charge in [-0.25, -0.2) is 23.1 Å². The molecule has 21 heavy (non-hydrogen) atoms. The maximum absolute atomic E-state index is 12.0. The molecular formula is C12H21N5O3S. The van der Waals surface area contributed by atoms with Crippen molar-refractivity contribution in [3.8, 4) is 0 Å². The summed E-state index contributed by atoms with van der Waals surface area (Å²) in [5.74, 6) is 0.189. The van der Waals surface area contributed by atoms with Crippen molar-refractivity contribution < 1.29 is 13.2 Å². The van der Waals surface area contributed by atoms with Gasteiger partial charge in [-0.15, -0.1) is 0 Å². The first kappa shape index (κ1) is 17.3. The Balaban J connectivity index is 2.55. The van der Waals surface area contributed by atoms with Gasteiger partial charge in [0.25, 0.3) is 0 Å². The Kier molecular flexibility index (Phi) is 7.03. The summed E-state index contributed by atoms with van der Waals surface area (Å²) in [5.41, 5.74) is 0. The predicted octanol–water partition coefficient (Wildman–Crippen LogP) is 0.103. The number of anilines is 1. The summed E-state index contributed by atoms with van der Waals surface area (Å²) in [7, 11) is -3.69. The van der Waals surface area contributed by atoms with E-state index in [0.717, 1.165) is 13.0 Å². The Bertz CT molecular complexity index is 545. The van der Waals surface area contributed by atoms with Gasteiger partial charge in [-0.3, -0.25) is 4.79 Å². The summed E-state index contributed by atoms with van der Waals surface area (Å²) in [6.07, 6.45) is 3.48. The number of hydrogen-bond acceptors (Lipinski definition) is 6. The van der Waals surface area contributed by atoms with Crippen molar-refractivity contribution >= 4 is 21.9 Å².